The molecule has 1 aromatic heterocycles. The molecule has 17 heavy (non-hydrogen) atoms. The Morgan fingerprint density at radius 2 is 1.94 bits per heavy atom. The first kappa shape index (κ1) is 12.7. The predicted octanol–water partition coefficient (Wildman–Crippen LogP) is 3.07. The van der Waals surface area contributed by atoms with Gasteiger partial charge < -0.3 is 4.55 Å². The fourth-order valence-corrected chi connectivity index (χ4v) is 2.64. The summed E-state index contributed by atoms with van der Waals surface area (Å²) in [5.41, 5.74) is 2.80. The number of rotatable bonds is 3. The summed E-state index contributed by atoms with van der Waals surface area (Å²) in [6.07, 6.45) is 1.76. The van der Waals surface area contributed by atoms with Gasteiger partial charge in [0.1, 0.15) is 0 Å². The minimum atomic E-state index is -1.79. The highest BCUT2D eigenvalue weighted by atomic mass is 127. The van der Waals surface area contributed by atoms with Crippen molar-refractivity contribution >= 4 is 33.7 Å². The molecule has 1 unspecified atom stereocenters. The van der Waals surface area contributed by atoms with Crippen LogP contribution < -0.4 is 0 Å². The molecule has 2 aromatic rings. The molecule has 1 aromatic carbocycles. The van der Waals surface area contributed by atoms with Crippen LogP contribution in [0, 0.1) is 3.57 Å². The molecule has 0 radical (unpaired) electrons. The molecule has 1 atom stereocenters. The first-order chi connectivity index (χ1) is 8.16. The Bertz CT molecular complexity index is 542. The SMILES string of the molecule is O=S(O)Cc1ccc(-c2ncccc2I)cc1. The van der Waals surface area contributed by atoms with E-state index in [-0.39, 0.29) is 5.75 Å². The van der Waals surface area contributed by atoms with E-state index in [9.17, 15) is 4.21 Å². The van der Waals surface area contributed by atoms with E-state index in [0.29, 0.717) is 0 Å². The van der Waals surface area contributed by atoms with E-state index in [1.807, 2.05) is 36.4 Å². The molecule has 2 rings (SSSR count). The van der Waals surface area contributed by atoms with E-state index in [2.05, 4.69) is 27.6 Å². The Morgan fingerprint density at radius 1 is 1.24 bits per heavy atom. The van der Waals surface area contributed by atoms with Gasteiger partial charge in [-0.2, -0.15) is 0 Å². The Balaban J connectivity index is 2.30. The first-order valence-corrected chi connectivity index (χ1v) is 7.29. The number of halogens is 1. The van der Waals surface area contributed by atoms with Crippen molar-refractivity contribution in [3.05, 3.63) is 51.7 Å². The van der Waals surface area contributed by atoms with Crippen molar-refractivity contribution in [1.29, 1.82) is 0 Å². The topological polar surface area (TPSA) is 50.2 Å². The Morgan fingerprint density at radius 3 is 2.53 bits per heavy atom. The monoisotopic (exact) mass is 359 g/mol. The van der Waals surface area contributed by atoms with Gasteiger partial charge in [-0.15, -0.1) is 0 Å². The third kappa shape index (κ3) is 3.34. The van der Waals surface area contributed by atoms with Crippen LogP contribution in [0.2, 0.25) is 0 Å². The smallest absolute Gasteiger partial charge is 0.157 e. The molecule has 0 aliphatic carbocycles. The zero-order chi connectivity index (χ0) is 12.3. The van der Waals surface area contributed by atoms with Crippen molar-refractivity contribution < 1.29 is 8.76 Å². The molecule has 0 amide bonds. The highest BCUT2D eigenvalue weighted by Gasteiger charge is 2.04. The third-order valence-corrected chi connectivity index (χ3v) is 3.73. The highest BCUT2D eigenvalue weighted by Crippen LogP contribution is 2.22. The Labute approximate surface area is 116 Å². The van der Waals surface area contributed by atoms with Crippen LogP contribution in [0.25, 0.3) is 11.3 Å². The lowest BCUT2D eigenvalue weighted by molar-refractivity contribution is 0.563. The zero-order valence-corrected chi connectivity index (χ0v) is 11.8. The molecular weight excluding hydrogens is 349 g/mol. The number of pyridine rings is 1. The molecule has 0 spiro atoms. The maximum Gasteiger partial charge on any atom is 0.157 e. The lowest BCUT2D eigenvalue weighted by atomic mass is 10.1. The average Bonchev–Trinajstić information content (AvgIpc) is 2.30. The maximum absolute atomic E-state index is 10.7. The summed E-state index contributed by atoms with van der Waals surface area (Å²) in [4.78, 5) is 4.32. The van der Waals surface area contributed by atoms with E-state index >= 15 is 0 Å². The molecule has 0 saturated carbocycles. The Hall–Kier alpha value is -0.790. The van der Waals surface area contributed by atoms with Gasteiger partial charge in [0, 0.05) is 15.3 Å². The summed E-state index contributed by atoms with van der Waals surface area (Å²) in [5.74, 6) is 0.166. The molecule has 0 aliphatic rings. The van der Waals surface area contributed by atoms with Gasteiger partial charge in [0.25, 0.3) is 0 Å². The van der Waals surface area contributed by atoms with E-state index in [1.54, 1.807) is 6.20 Å². The lowest BCUT2D eigenvalue weighted by Crippen LogP contribution is -1.93. The van der Waals surface area contributed by atoms with Gasteiger partial charge in [0.2, 0.25) is 0 Å². The van der Waals surface area contributed by atoms with Crippen LogP contribution in [-0.4, -0.2) is 13.7 Å². The van der Waals surface area contributed by atoms with Crippen LogP contribution in [0.5, 0.6) is 0 Å². The van der Waals surface area contributed by atoms with Crippen molar-refractivity contribution in [2.75, 3.05) is 0 Å². The van der Waals surface area contributed by atoms with E-state index in [0.717, 1.165) is 20.4 Å². The largest absolute Gasteiger partial charge is 0.306 e. The summed E-state index contributed by atoms with van der Waals surface area (Å²) < 4.78 is 20.6. The van der Waals surface area contributed by atoms with Crippen molar-refractivity contribution in [2.24, 2.45) is 0 Å². The standard InChI is InChI=1S/C12H10INO2S/c13-11-2-1-7-14-12(11)10-5-3-9(4-6-10)8-17(15)16/h1-7H,8H2,(H,15,16). The molecule has 88 valence electrons. The average molecular weight is 359 g/mol. The summed E-state index contributed by atoms with van der Waals surface area (Å²) >= 11 is 0.452. The zero-order valence-electron chi connectivity index (χ0n) is 8.84. The maximum atomic E-state index is 10.7. The number of hydrogen-bond acceptors (Lipinski definition) is 2. The summed E-state index contributed by atoms with van der Waals surface area (Å²) in [5, 5.41) is 0. The normalized spacial score (nSPS) is 12.4. The molecular formula is C12H10INO2S. The van der Waals surface area contributed by atoms with Gasteiger partial charge in [0.05, 0.1) is 11.4 Å². The minimum Gasteiger partial charge on any atom is -0.306 e. The second-order valence-corrected chi connectivity index (χ2v) is 5.59. The van der Waals surface area contributed by atoms with Gasteiger partial charge in [-0.05, 0) is 40.3 Å². The Kier molecular flexibility index (Phi) is 4.25. The van der Waals surface area contributed by atoms with Crippen molar-refractivity contribution in [1.82, 2.24) is 4.98 Å². The second kappa shape index (κ2) is 5.70. The van der Waals surface area contributed by atoms with Gasteiger partial charge in [-0.1, -0.05) is 24.3 Å². The molecule has 1 N–H and O–H groups in total. The molecule has 0 aliphatic heterocycles. The van der Waals surface area contributed by atoms with Crippen molar-refractivity contribution in [2.45, 2.75) is 5.75 Å². The first-order valence-electron chi connectivity index (χ1n) is 4.94. The van der Waals surface area contributed by atoms with Crippen LogP contribution in [0.15, 0.2) is 42.6 Å². The molecule has 1 heterocycles. The fourth-order valence-electron chi connectivity index (χ4n) is 1.50. The molecule has 0 saturated heterocycles. The summed E-state index contributed by atoms with van der Waals surface area (Å²) in [6, 6.07) is 11.5. The second-order valence-electron chi connectivity index (χ2n) is 3.50. The van der Waals surface area contributed by atoms with Crippen LogP contribution in [0.3, 0.4) is 0 Å². The molecule has 0 bridgehead atoms. The number of benzene rings is 1. The van der Waals surface area contributed by atoms with Crippen molar-refractivity contribution in [3.63, 3.8) is 0 Å². The van der Waals surface area contributed by atoms with Crippen LogP contribution >= 0.6 is 22.6 Å². The summed E-state index contributed by atoms with van der Waals surface area (Å²) in [6.45, 7) is 0. The highest BCUT2D eigenvalue weighted by molar-refractivity contribution is 14.1. The van der Waals surface area contributed by atoms with Gasteiger partial charge >= 0.3 is 0 Å². The molecule has 3 nitrogen and oxygen atoms in total. The van der Waals surface area contributed by atoms with Crippen LogP contribution in [0.4, 0.5) is 0 Å². The quantitative estimate of drug-likeness (QED) is 0.677. The predicted molar refractivity (Wildman–Crippen MR) is 76.9 cm³/mol. The van der Waals surface area contributed by atoms with Gasteiger partial charge in [-0.25, -0.2) is 4.21 Å². The lowest BCUT2D eigenvalue weighted by Gasteiger charge is -2.04. The molecule has 5 heteroatoms. The van der Waals surface area contributed by atoms with Crippen molar-refractivity contribution in [3.8, 4) is 11.3 Å². The van der Waals surface area contributed by atoms with E-state index in [1.165, 1.54) is 0 Å². The summed E-state index contributed by atoms with van der Waals surface area (Å²) in [7, 11) is 0. The number of nitrogens with zero attached hydrogens (tertiary/aromatic N) is 1. The molecule has 0 fully saturated rings. The minimum absolute atomic E-state index is 0.166. The fraction of sp³-hybridized carbons (Fsp3) is 0.0833. The van der Waals surface area contributed by atoms with Crippen LogP contribution in [0.1, 0.15) is 5.56 Å². The third-order valence-electron chi connectivity index (χ3n) is 2.28. The number of hydrogen-bond donors (Lipinski definition) is 1. The van der Waals surface area contributed by atoms with Gasteiger partial charge in [0.15, 0.2) is 11.1 Å². The van der Waals surface area contributed by atoms with Crippen LogP contribution in [-0.2, 0) is 16.8 Å². The van der Waals surface area contributed by atoms with Gasteiger partial charge in [-0.3, -0.25) is 4.98 Å². The van der Waals surface area contributed by atoms with E-state index in [4.69, 9.17) is 4.55 Å². The number of aromatic nitrogens is 1. The van der Waals surface area contributed by atoms with E-state index < -0.39 is 11.1 Å².